The summed E-state index contributed by atoms with van der Waals surface area (Å²) in [6.07, 6.45) is 0. The molecule has 2 amide bonds. The fourth-order valence-corrected chi connectivity index (χ4v) is 1.74. The van der Waals surface area contributed by atoms with E-state index in [9.17, 15) is 9.59 Å². The van der Waals surface area contributed by atoms with Crippen LogP contribution in [-0.4, -0.2) is 11.8 Å². The van der Waals surface area contributed by atoms with Gasteiger partial charge in [-0.2, -0.15) is 0 Å². The third kappa shape index (κ3) is 2.72. The van der Waals surface area contributed by atoms with Gasteiger partial charge in [0.15, 0.2) is 0 Å². The quantitative estimate of drug-likeness (QED) is 0.883. The predicted molar refractivity (Wildman–Crippen MR) is 75.5 cm³/mol. The zero-order valence-electron chi connectivity index (χ0n) is 9.25. The van der Waals surface area contributed by atoms with Crippen molar-refractivity contribution in [2.24, 2.45) is 11.5 Å². The lowest BCUT2D eigenvalue weighted by atomic mass is 9.98. The van der Waals surface area contributed by atoms with Gasteiger partial charge in [-0.25, -0.2) is 0 Å². The van der Waals surface area contributed by atoms with Gasteiger partial charge in [0.2, 0.25) is 11.8 Å². The minimum atomic E-state index is -0.653. The molecule has 0 radical (unpaired) electrons. The van der Waals surface area contributed by atoms with Gasteiger partial charge in [0.05, 0.1) is 11.1 Å². The number of benzene rings is 2. The molecule has 2 aromatic rings. The van der Waals surface area contributed by atoms with Gasteiger partial charge in [-0.05, 0) is 16.8 Å². The zero-order chi connectivity index (χ0) is 11.7. The standard InChI is InChI=1S/C12H10N2O2.2ClH/c13-11(15)9-6-5-7-3-1-2-4-8(7)10(9)12(14)16;;/h1-6H,(H2,13,15)(H2,14,16);2*1H. The fourth-order valence-electron chi connectivity index (χ4n) is 1.74. The molecule has 2 rings (SSSR count). The smallest absolute Gasteiger partial charge is 0.250 e. The maximum Gasteiger partial charge on any atom is 0.250 e. The lowest BCUT2D eigenvalue weighted by molar-refractivity contribution is 0.0968. The molecule has 4 N–H and O–H groups in total. The predicted octanol–water partition coefficient (Wildman–Crippen LogP) is 1.88. The number of hydrogen-bond donors (Lipinski definition) is 2. The maximum absolute atomic E-state index is 11.4. The fraction of sp³-hybridized carbons (Fsp3) is 0. The summed E-state index contributed by atoms with van der Waals surface area (Å²) in [5.41, 5.74) is 10.8. The summed E-state index contributed by atoms with van der Waals surface area (Å²) in [4.78, 5) is 22.5. The van der Waals surface area contributed by atoms with Crippen molar-refractivity contribution in [3.05, 3.63) is 47.5 Å². The first-order valence-corrected chi connectivity index (χ1v) is 4.72. The molecule has 0 aliphatic heterocycles. The Kier molecular flexibility index (Phi) is 5.62. The number of hydrogen-bond acceptors (Lipinski definition) is 2. The minimum absolute atomic E-state index is 0. The highest BCUT2D eigenvalue weighted by atomic mass is 35.5. The van der Waals surface area contributed by atoms with Crippen LogP contribution in [0.25, 0.3) is 10.8 Å². The molecule has 0 saturated heterocycles. The molecule has 2 aromatic carbocycles. The number of fused-ring (bicyclic) bond motifs is 1. The van der Waals surface area contributed by atoms with Gasteiger partial charge >= 0.3 is 0 Å². The van der Waals surface area contributed by atoms with E-state index in [4.69, 9.17) is 11.5 Å². The highest BCUT2D eigenvalue weighted by molar-refractivity contribution is 6.14. The van der Waals surface area contributed by atoms with Crippen LogP contribution in [0.3, 0.4) is 0 Å². The van der Waals surface area contributed by atoms with Crippen molar-refractivity contribution in [1.82, 2.24) is 0 Å². The molecule has 0 unspecified atom stereocenters. The summed E-state index contributed by atoms with van der Waals surface area (Å²) in [7, 11) is 0. The highest BCUT2D eigenvalue weighted by Gasteiger charge is 2.15. The molecular formula is C12H12Cl2N2O2. The molecule has 0 saturated carbocycles. The number of carbonyl (C=O) groups is 2. The van der Waals surface area contributed by atoms with Crippen LogP contribution in [0.4, 0.5) is 0 Å². The van der Waals surface area contributed by atoms with E-state index < -0.39 is 11.8 Å². The number of rotatable bonds is 2. The first-order chi connectivity index (χ1) is 7.61. The first kappa shape index (κ1) is 16.2. The van der Waals surface area contributed by atoms with Crippen molar-refractivity contribution in [1.29, 1.82) is 0 Å². The van der Waals surface area contributed by atoms with Gasteiger partial charge in [0.1, 0.15) is 0 Å². The van der Waals surface area contributed by atoms with Gasteiger partial charge in [-0.15, -0.1) is 24.8 Å². The molecule has 0 atom stereocenters. The summed E-state index contributed by atoms with van der Waals surface area (Å²) < 4.78 is 0. The van der Waals surface area contributed by atoms with Crippen molar-refractivity contribution in [3.63, 3.8) is 0 Å². The van der Waals surface area contributed by atoms with Crippen LogP contribution >= 0.6 is 24.8 Å². The largest absolute Gasteiger partial charge is 0.366 e. The summed E-state index contributed by atoms with van der Waals surface area (Å²) in [6.45, 7) is 0. The second-order valence-electron chi connectivity index (χ2n) is 3.44. The van der Waals surface area contributed by atoms with Crippen molar-refractivity contribution in [2.75, 3.05) is 0 Å². The Bertz CT molecular complexity index is 600. The Balaban J connectivity index is 0.00000144. The molecule has 96 valence electrons. The van der Waals surface area contributed by atoms with Gasteiger partial charge in [-0.1, -0.05) is 30.3 Å². The maximum atomic E-state index is 11.4. The number of halogens is 2. The van der Waals surface area contributed by atoms with Crippen molar-refractivity contribution in [2.45, 2.75) is 0 Å². The molecule has 0 aromatic heterocycles. The molecule has 4 nitrogen and oxygen atoms in total. The van der Waals surface area contributed by atoms with Crippen LogP contribution in [0.15, 0.2) is 36.4 Å². The molecule has 0 aliphatic carbocycles. The average molecular weight is 287 g/mol. The molecule has 0 spiro atoms. The monoisotopic (exact) mass is 286 g/mol. The van der Waals surface area contributed by atoms with Gasteiger partial charge in [0.25, 0.3) is 0 Å². The van der Waals surface area contributed by atoms with Crippen LogP contribution in [-0.2, 0) is 0 Å². The van der Waals surface area contributed by atoms with Gasteiger partial charge in [0, 0.05) is 0 Å². The lowest BCUT2D eigenvalue weighted by Gasteiger charge is -2.07. The Labute approximate surface area is 116 Å². The van der Waals surface area contributed by atoms with Crippen LogP contribution in [0, 0.1) is 0 Å². The molecule has 6 heteroatoms. The Hall–Kier alpha value is -1.78. The van der Waals surface area contributed by atoms with Gasteiger partial charge < -0.3 is 11.5 Å². The van der Waals surface area contributed by atoms with Crippen LogP contribution in [0.2, 0.25) is 0 Å². The minimum Gasteiger partial charge on any atom is -0.366 e. The van der Waals surface area contributed by atoms with Crippen LogP contribution < -0.4 is 11.5 Å². The topological polar surface area (TPSA) is 86.2 Å². The summed E-state index contributed by atoms with van der Waals surface area (Å²) in [5, 5.41) is 1.49. The van der Waals surface area contributed by atoms with E-state index >= 15 is 0 Å². The summed E-state index contributed by atoms with van der Waals surface area (Å²) in [6, 6.07) is 10.5. The van der Waals surface area contributed by atoms with Crippen LogP contribution in [0.1, 0.15) is 20.7 Å². The Morgan fingerprint density at radius 1 is 0.833 bits per heavy atom. The van der Waals surface area contributed by atoms with Crippen molar-refractivity contribution >= 4 is 47.4 Å². The van der Waals surface area contributed by atoms with E-state index in [0.717, 1.165) is 5.39 Å². The first-order valence-electron chi connectivity index (χ1n) is 4.72. The second-order valence-corrected chi connectivity index (χ2v) is 3.44. The number of nitrogens with two attached hydrogens (primary N) is 2. The highest BCUT2D eigenvalue weighted by Crippen LogP contribution is 2.21. The molecule has 0 heterocycles. The Morgan fingerprint density at radius 3 is 2.00 bits per heavy atom. The van der Waals surface area contributed by atoms with E-state index in [1.807, 2.05) is 12.1 Å². The molecule has 0 fully saturated rings. The van der Waals surface area contributed by atoms with E-state index in [1.165, 1.54) is 6.07 Å². The molecule has 0 aliphatic rings. The van der Waals surface area contributed by atoms with E-state index in [0.29, 0.717) is 5.39 Å². The second kappa shape index (κ2) is 6.23. The summed E-state index contributed by atoms with van der Waals surface area (Å²) in [5.74, 6) is -1.30. The lowest BCUT2D eigenvalue weighted by Crippen LogP contribution is -2.20. The SMILES string of the molecule is Cl.Cl.NC(=O)c1ccc2ccccc2c1C(N)=O. The Morgan fingerprint density at radius 2 is 1.44 bits per heavy atom. The number of amides is 2. The molecule has 18 heavy (non-hydrogen) atoms. The van der Waals surface area contributed by atoms with Gasteiger partial charge in [-0.3, -0.25) is 9.59 Å². The van der Waals surface area contributed by atoms with E-state index in [2.05, 4.69) is 0 Å². The normalized spacial score (nSPS) is 9.11. The third-order valence-electron chi connectivity index (χ3n) is 2.44. The van der Waals surface area contributed by atoms with Crippen molar-refractivity contribution < 1.29 is 9.59 Å². The third-order valence-corrected chi connectivity index (χ3v) is 2.44. The van der Waals surface area contributed by atoms with E-state index in [1.54, 1.807) is 18.2 Å². The van der Waals surface area contributed by atoms with Crippen LogP contribution in [0.5, 0.6) is 0 Å². The zero-order valence-corrected chi connectivity index (χ0v) is 10.9. The number of carbonyl (C=O) groups excluding carboxylic acids is 2. The number of primary amides is 2. The van der Waals surface area contributed by atoms with Crippen molar-refractivity contribution in [3.8, 4) is 0 Å². The molecule has 0 bridgehead atoms. The summed E-state index contributed by atoms with van der Waals surface area (Å²) >= 11 is 0. The molecular weight excluding hydrogens is 275 g/mol. The van der Waals surface area contributed by atoms with E-state index in [-0.39, 0.29) is 35.9 Å². The average Bonchev–Trinajstić information content (AvgIpc) is 2.27.